The summed E-state index contributed by atoms with van der Waals surface area (Å²) in [5.41, 5.74) is -0.208. The molecule has 2 aliphatic rings. The number of imide groups is 1. The zero-order valence-corrected chi connectivity index (χ0v) is 19.5. The molecule has 0 bridgehead atoms. The molecular formula is C22H24BrNO5S. The maximum atomic E-state index is 12.9. The molecule has 3 rings (SSSR count). The van der Waals surface area contributed by atoms with Gasteiger partial charge >= 0.3 is 0 Å². The van der Waals surface area contributed by atoms with E-state index >= 15 is 0 Å². The van der Waals surface area contributed by atoms with Crippen molar-refractivity contribution in [3.8, 4) is 5.75 Å². The van der Waals surface area contributed by atoms with Crippen LogP contribution < -0.4 is 9.64 Å². The molecule has 0 saturated carbocycles. The van der Waals surface area contributed by atoms with E-state index < -0.39 is 10.7 Å². The van der Waals surface area contributed by atoms with Gasteiger partial charge in [0.1, 0.15) is 5.75 Å². The number of rotatable bonds is 8. The molecule has 6 nitrogen and oxygen atoms in total. The average molecular weight is 494 g/mol. The number of carbonyl (C=O) groups is 4. The largest absolute Gasteiger partial charge is 0.469 e. The van der Waals surface area contributed by atoms with Crippen molar-refractivity contribution in [1.82, 2.24) is 0 Å². The summed E-state index contributed by atoms with van der Waals surface area (Å²) in [6.45, 7) is 3.53. The third-order valence-corrected chi connectivity index (χ3v) is 6.63. The van der Waals surface area contributed by atoms with Crippen LogP contribution in [0.2, 0.25) is 0 Å². The van der Waals surface area contributed by atoms with E-state index in [0.29, 0.717) is 40.6 Å². The Morgan fingerprint density at radius 2 is 1.73 bits per heavy atom. The second-order valence-electron chi connectivity index (χ2n) is 7.49. The third kappa shape index (κ3) is 3.87. The first-order valence-electron chi connectivity index (χ1n) is 10.1. The number of carbonyl (C=O) groups excluding carboxylic acids is 4. The number of halogens is 1. The topological polar surface area (TPSA) is 80.8 Å². The minimum atomic E-state index is -1.73. The van der Waals surface area contributed by atoms with E-state index in [1.807, 2.05) is 6.92 Å². The molecule has 1 aliphatic heterocycles. The van der Waals surface area contributed by atoms with Crippen LogP contribution in [0.25, 0.3) is 0 Å². The van der Waals surface area contributed by atoms with Crippen LogP contribution in [0.3, 0.4) is 0 Å². The van der Waals surface area contributed by atoms with Gasteiger partial charge in [-0.05, 0) is 66.6 Å². The lowest BCUT2D eigenvalue weighted by atomic mass is 9.93. The average Bonchev–Trinajstić information content (AvgIpc) is 2.98. The molecule has 160 valence electrons. The molecule has 1 aromatic rings. The summed E-state index contributed by atoms with van der Waals surface area (Å²) >= 11 is 7.31. The Morgan fingerprint density at radius 3 is 2.23 bits per heavy atom. The van der Waals surface area contributed by atoms with Crippen molar-refractivity contribution in [3.63, 3.8) is 0 Å². The Labute approximate surface area is 189 Å². The highest BCUT2D eigenvalue weighted by molar-refractivity contribution is 9.10. The zero-order valence-electron chi connectivity index (χ0n) is 17.0. The van der Waals surface area contributed by atoms with Gasteiger partial charge in [0.15, 0.2) is 5.78 Å². The van der Waals surface area contributed by atoms with E-state index in [2.05, 4.69) is 28.6 Å². The first kappa shape index (κ1) is 22.7. The Bertz CT molecular complexity index is 929. The number of hydrogen-bond donors (Lipinski definition) is 1. The van der Waals surface area contributed by atoms with Gasteiger partial charge in [-0.1, -0.05) is 13.8 Å². The zero-order chi connectivity index (χ0) is 22.1. The van der Waals surface area contributed by atoms with Crippen molar-refractivity contribution in [2.75, 3.05) is 4.90 Å². The van der Waals surface area contributed by atoms with Gasteiger partial charge < -0.3 is 4.74 Å². The lowest BCUT2D eigenvalue weighted by molar-refractivity contribution is -0.143. The molecule has 0 aromatic heterocycles. The van der Waals surface area contributed by atoms with Gasteiger partial charge in [-0.2, -0.15) is 0 Å². The van der Waals surface area contributed by atoms with Crippen molar-refractivity contribution in [3.05, 3.63) is 33.8 Å². The number of ether oxygens (including phenoxy) is 1. The van der Waals surface area contributed by atoms with Gasteiger partial charge in [-0.3, -0.25) is 19.2 Å². The highest BCUT2D eigenvalue weighted by Gasteiger charge is 2.45. The highest BCUT2D eigenvalue weighted by Crippen LogP contribution is 2.39. The number of nitrogens with zero attached hydrogens (tertiary/aromatic N) is 1. The first-order valence-corrected chi connectivity index (χ1v) is 11.4. The van der Waals surface area contributed by atoms with Crippen LogP contribution in [0.1, 0.15) is 58.8 Å². The molecule has 0 radical (unpaired) electrons. The summed E-state index contributed by atoms with van der Waals surface area (Å²) in [7, 11) is 0. The van der Waals surface area contributed by atoms with Crippen LogP contribution in [0.4, 0.5) is 5.69 Å². The van der Waals surface area contributed by atoms with Crippen molar-refractivity contribution >= 4 is 57.0 Å². The van der Waals surface area contributed by atoms with E-state index in [-0.39, 0.29) is 36.2 Å². The monoisotopic (exact) mass is 493 g/mol. The maximum absolute atomic E-state index is 12.9. The van der Waals surface area contributed by atoms with Crippen LogP contribution in [0, 0.1) is 0 Å². The number of thiol groups is 1. The van der Waals surface area contributed by atoms with Crippen molar-refractivity contribution < 1.29 is 23.9 Å². The van der Waals surface area contributed by atoms with Gasteiger partial charge in [0.25, 0.3) is 11.8 Å². The molecule has 1 unspecified atom stereocenters. The van der Waals surface area contributed by atoms with Crippen molar-refractivity contribution in [2.45, 2.75) is 64.4 Å². The summed E-state index contributed by atoms with van der Waals surface area (Å²) < 4.78 is 6.46. The summed E-state index contributed by atoms with van der Waals surface area (Å²) in [4.78, 5) is 51.9. The van der Waals surface area contributed by atoms with Crippen LogP contribution >= 0.6 is 28.6 Å². The predicted molar refractivity (Wildman–Crippen MR) is 120 cm³/mol. The van der Waals surface area contributed by atoms with E-state index in [0.717, 1.165) is 17.7 Å². The number of hydrogen-bond acceptors (Lipinski definition) is 5. The molecule has 0 N–H and O–H groups in total. The minimum absolute atomic E-state index is 0.113. The molecule has 1 aromatic carbocycles. The quantitative estimate of drug-likeness (QED) is 0.326. The van der Waals surface area contributed by atoms with Crippen LogP contribution in [0.15, 0.2) is 33.8 Å². The molecule has 8 heteroatoms. The number of benzene rings is 1. The Morgan fingerprint density at radius 1 is 1.13 bits per heavy atom. The van der Waals surface area contributed by atoms with Crippen molar-refractivity contribution in [2.24, 2.45) is 0 Å². The molecule has 0 spiro atoms. The van der Waals surface area contributed by atoms with Crippen molar-refractivity contribution in [1.29, 1.82) is 0 Å². The number of Topliss-reactive ketones (excluding diaryl/α,β-unsaturated/α-hetero) is 1. The molecule has 1 heterocycles. The molecule has 0 fully saturated rings. The maximum Gasteiger partial charge on any atom is 0.261 e. The Balaban J connectivity index is 1.98. The number of anilines is 1. The standard InChI is InChI=1S/C22H24BrNO5S/c1-3-7-18(25)22(4-2,21(28)30)29-17-12-13(10-11-16(17)23)24-19(26)14-8-5-6-9-15(14)20(24)27/h10-12H,3-9H2,1-2H3,(H,28,30). The summed E-state index contributed by atoms with van der Waals surface area (Å²) in [6, 6.07) is 4.78. The lowest BCUT2D eigenvalue weighted by Gasteiger charge is -2.30. The van der Waals surface area contributed by atoms with Gasteiger partial charge in [-0.25, -0.2) is 4.90 Å². The van der Waals surface area contributed by atoms with Gasteiger partial charge in [0.2, 0.25) is 10.7 Å². The predicted octanol–water partition coefficient (Wildman–Crippen LogP) is 4.55. The summed E-state index contributed by atoms with van der Waals surface area (Å²) in [6.07, 6.45) is 3.86. The molecule has 0 saturated heterocycles. The molecule has 1 aliphatic carbocycles. The fraction of sp³-hybridized carbons (Fsp3) is 0.455. The number of ketones is 1. The lowest BCUT2D eigenvalue weighted by Crippen LogP contribution is -2.49. The van der Waals surface area contributed by atoms with Crippen LogP contribution in [-0.2, 0) is 19.2 Å². The smallest absolute Gasteiger partial charge is 0.261 e. The normalized spacial score (nSPS) is 18.3. The Kier molecular flexibility index (Phi) is 6.87. The highest BCUT2D eigenvalue weighted by atomic mass is 79.9. The van der Waals surface area contributed by atoms with E-state index in [1.165, 1.54) is 6.07 Å². The minimum Gasteiger partial charge on any atom is -0.469 e. The molecular weight excluding hydrogens is 470 g/mol. The van der Waals surface area contributed by atoms with Gasteiger partial charge in [0, 0.05) is 23.6 Å². The number of amides is 2. The second kappa shape index (κ2) is 9.06. The van der Waals surface area contributed by atoms with Gasteiger partial charge in [-0.15, -0.1) is 12.6 Å². The molecule has 2 amide bonds. The van der Waals surface area contributed by atoms with Crippen LogP contribution in [-0.4, -0.2) is 28.3 Å². The molecule has 30 heavy (non-hydrogen) atoms. The second-order valence-corrected chi connectivity index (χ2v) is 8.75. The van der Waals surface area contributed by atoms with E-state index in [4.69, 9.17) is 4.74 Å². The Hall–Kier alpha value is -1.93. The van der Waals surface area contributed by atoms with Crippen LogP contribution in [0.5, 0.6) is 5.75 Å². The SMILES string of the molecule is CCCC(=O)C(CC)(Oc1cc(N2C(=O)C3=C(CCCC3)C2=O)ccc1Br)C(=O)S. The fourth-order valence-electron chi connectivity index (χ4n) is 3.94. The summed E-state index contributed by atoms with van der Waals surface area (Å²) in [5, 5.41) is -0.675. The van der Waals surface area contributed by atoms with E-state index in [1.54, 1.807) is 19.1 Å². The van der Waals surface area contributed by atoms with Gasteiger partial charge in [0.05, 0.1) is 10.2 Å². The summed E-state index contributed by atoms with van der Waals surface area (Å²) in [5.74, 6) is -0.768. The fourth-order valence-corrected chi connectivity index (χ4v) is 4.60. The third-order valence-electron chi connectivity index (χ3n) is 5.62. The first-order chi connectivity index (χ1) is 14.3. The molecule has 1 atom stereocenters. The van der Waals surface area contributed by atoms with E-state index in [9.17, 15) is 19.2 Å².